The second-order valence-corrected chi connectivity index (χ2v) is 8.51. The molecule has 1 N–H and O–H groups in total. The second-order valence-electron chi connectivity index (χ2n) is 7.50. The van der Waals surface area contributed by atoms with Gasteiger partial charge in [-0.2, -0.15) is 0 Å². The largest absolute Gasteiger partial charge is 0.343 e. The molecule has 118 valence electrons. The van der Waals surface area contributed by atoms with E-state index in [9.17, 15) is 0 Å². The highest BCUT2D eigenvalue weighted by atomic mass is 32.1. The molecule has 0 saturated carbocycles. The van der Waals surface area contributed by atoms with E-state index in [1.54, 1.807) is 0 Å². The fourth-order valence-corrected chi connectivity index (χ4v) is 5.02. The van der Waals surface area contributed by atoms with Crippen molar-refractivity contribution in [3.63, 3.8) is 0 Å². The maximum atomic E-state index is 5.03. The van der Waals surface area contributed by atoms with Crippen molar-refractivity contribution in [1.82, 2.24) is 15.2 Å². The van der Waals surface area contributed by atoms with E-state index in [1.807, 2.05) is 11.3 Å². The van der Waals surface area contributed by atoms with Crippen molar-refractivity contribution in [2.45, 2.75) is 45.7 Å². The van der Waals surface area contributed by atoms with E-state index in [0.29, 0.717) is 17.5 Å². The summed E-state index contributed by atoms with van der Waals surface area (Å²) in [5, 5.41) is 4.73. The van der Waals surface area contributed by atoms with Gasteiger partial charge in [-0.15, -0.1) is 0 Å². The van der Waals surface area contributed by atoms with Crippen LogP contribution >= 0.6 is 11.3 Å². The Morgan fingerprint density at radius 3 is 2.76 bits per heavy atom. The predicted molar refractivity (Wildman–Crippen MR) is 90.3 cm³/mol. The Morgan fingerprint density at radius 1 is 1.33 bits per heavy atom. The molecule has 1 aromatic rings. The van der Waals surface area contributed by atoms with Crippen LogP contribution in [0.1, 0.15) is 43.8 Å². The standard InChI is InChI=1S/C16H28N4S/c1-11-10-19(5)6-7-20(11)15-18-13-9-16(2,3)8-12(17-4)14(13)21-15/h11-12,17H,6-10H2,1-5H3. The van der Waals surface area contributed by atoms with Gasteiger partial charge < -0.3 is 15.1 Å². The number of fused-ring (bicyclic) bond motifs is 1. The highest BCUT2D eigenvalue weighted by Gasteiger charge is 2.35. The van der Waals surface area contributed by atoms with E-state index in [1.165, 1.54) is 22.1 Å². The van der Waals surface area contributed by atoms with E-state index >= 15 is 0 Å². The minimum Gasteiger partial charge on any atom is -0.343 e. The maximum Gasteiger partial charge on any atom is 0.186 e. The summed E-state index contributed by atoms with van der Waals surface area (Å²) in [6, 6.07) is 1.02. The van der Waals surface area contributed by atoms with Crippen LogP contribution in [0.15, 0.2) is 0 Å². The van der Waals surface area contributed by atoms with Gasteiger partial charge in [-0.05, 0) is 39.3 Å². The molecule has 0 aromatic carbocycles. The molecule has 2 atom stereocenters. The summed E-state index contributed by atoms with van der Waals surface area (Å²) >= 11 is 1.91. The Bertz CT molecular complexity index is 510. The molecule has 5 heteroatoms. The van der Waals surface area contributed by atoms with Gasteiger partial charge in [0.15, 0.2) is 5.13 Å². The third-order valence-corrected chi connectivity index (χ3v) is 6.11. The molecule has 1 aliphatic heterocycles. The van der Waals surface area contributed by atoms with Gasteiger partial charge in [0.25, 0.3) is 0 Å². The van der Waals surface area contributed by atoms with Crippen LogP contribution in [0.3, 0.4) is 0 Å². The Balaban J connectivity index is 1.88. The number of hydrogen-bond donors (Lipinski definition) is 1. The van der Waals surface area contributed by atoms with Crippen LogP contribution in [0.4, 0.5) is 5.13 Å². The highest BCUT2D eigenvalue weighted by Crippen LogP contribution is 2.44. The number of nitrogens with zero attached hydrogens (tertiary/aromatic N) is 3. The average molecular weight is 308 g/mol. The van der Waals surface area contributed by atoms with Gasteiger partial charge in [0.05, 0.1) is 5.69 Å². The lowest BCUT2D eigenvalue weighted by Gasteiger charge is -2.38. The van der Waals surface area contributed by atoms with Crippen LogP contribution in [-0.2, 0) is 6.42 Å². The first kappa shape index (κ1) is 15.3. The van der Waals surface area contributed by atoms with Crippen LogP contribution in [0.5, 0.6) is 0 Å². The summed E-state index contributed by atoms with van der Waals surface area (Å²) in [5.41, 5.74) is 1.68. The van der Waals surface area contributed by atoms with Gasteiger partial charge in [0, 0.05) is 36.6 Å². The lowest BCUT2D eigenvalue weighted by atomic mass is 9.76. The molecular weight excluding hydrogens is 280 g/mol. The van der Waals surface area contributed by atoms with Gasteiger partial charge in [0.2, 0.25) is 0 Å². The molecule has 1 saturated heterocycles. The van der Waals surface area contributed by atoms with Crippen LogP contribution in [0.2, 0.25) is 0 Å². The van der Waals surface area contributed by atoms with Crippen molar-refractivity contribution in [1.29, 1.82) is 0 Å². The fraction of sp³-hybridized carbons (Fsp3) is 0.812. The smallest absolute Gasteiger partial charge is 0.186 e. The summed E-state index contributed by atoms with van der Waals surface area (Å²) in [4.78, 5) is 11.4. The monoisotopic (exact) mass is 308 g/mol. The van der Waals surface area contributed by atoms with E-state index in [2.05, 4.69) is 50.0 Å². The molecule has 2 aliphatic rings. The van der Waals surface area contributed by atoms with Crippen molar-refractivity contribution in [3.05, 3.63) is 10.6 Å². The number of thiazole rings is 1. The Kier molecular flexibility index (Phi) is 4.01. The van der Waals surface area contributed by atoms with E-state index in [-0.39, 0.29) is 0 Å². The van der Waals surface area contributed by atoms with Crippen molar-refractivity contribution in [3.8, 4) is 0 Å². The molecule has 4 nitrogen and oxygen atoms in total. The lowest BCUT2D eigenvalue weighted by Crippen LogP contribution is -2.50. The molecule has 2 unspecified atom stereocenters. The van der Waals surface area contributed by atoms with Crippen LogP contribution in [-0.4, -0.2) is 49.7 Å². The van der Waals surface area contributed by atoms with Gasteiger partial charge in [-0.25, -0.2) is 4.98 Å². The molecule has 21 heavy (non-hydrogen) atoms. The van der Waals surface area contributed by atoms with Gasteiger partial charge in [-0.1, -0.05) is 25.2 Å². The molecule has 2 heterocycles. The number of aromatic nitrogens is 1. The number of piperazine rings is 1. The van der Waals surface area contributed by atoms with Crippen LogP contribution in [0, 0.1) is 5.41 Å². The van der Waals surface area contributed by atoms with Gasteiger partial charge >= 0.3 is 0 Å². The van der Waals surface area contributed by atoms with Gasteiger partial charge in [0.1, 0.15) is 0 Å². The molecule has 1 aromatic heterocycles. The molecule has 3 rings (SSSR count). The Morgan fingerprint density at radius 2 is 2.10 bits per heavy atom. The minimum absolute atomic E-state index is 0.347. The van der Waals surface area contributed by atoms with Crippen molar-refractivity contribution >= 4 is 16.5 Å². The lowest BCUT2D eigenvalue weighted by molar-refractivity contribution is 0.264. The Labute approximate surface area is 132 Å². The zero-order valence-corrected chi connectivity index (χ0v) is 14.8. The molecule has 0 spiro atoms. The number of rotatable bonds is 2. The first-order valence-corrected chi connectivity index (χ1v) is 8.83. The van der Waals surface area contributed by atoms with E-state index in [4.69, 9.17) is 4.98 Å². The maximum absolute atomic E-state index is 5.03. The van der Waals surface area contributed by atoms with Gasteiger partial charge in [-0.3, -0.25) is 0 Å². The average Bonchev–Trinajstić information content (AvgIpc) is 2.79. The highest BCUT2D eigenvalue weighted by molar-refractivity contribution is 7.15. The number of nitrogens with one attached hydrogen (secondary N) is 1. The number of likely N-dealkylation sites (N-methyl/N-ethyl adjacent to an activating group) is 1. The first-order chi connectivity index (χ1) is 9.89. The summed E-state index contributed by atoms with van der Waals surface area (Å²) in [7, 11) is 4.29. The molecule has 0 bridgehead atoms. The Hall–Kier alpha value is -0.650. The predicted octanol–water partition coefficient (Wildman–Crippen LogP) is 2.52. The summed E-state index contributed by atoms with van der Waals surface area (Å²) in [5.74, 6) is 0. The quantitative estimate of drug-likeness (QED) is 0.910. The SMILES string of the molecule is CNC1CC(C)(C)Cc2nc(N3CCN(C)CC3C)sc21. The van der Waals surface area contributed by atoms with Crippen LogP contribution in [0.25, 0.3) is 0 Å². The summed E-state index contributed by atoms with van der Waals surface area (Å²) in [6.45, 7) is 10.4. The van der Waals surface area contributed by atoms with Crippen molar-refractivity contribution in [2.24, 2.45) is 5.41 Å². The molecule has 1 aliphatic carbocycles. The zero-order valence-electron chi connectivity index (χ0n) is 13.9. The second kappa shape index (κ2) is 5.52. The number of hydrogen-bond acceptors (Lipinski definition) is 5. The number of anilines is 1. The topological polar surface area (TPSA) is 31.4 Å². The minimum atomic E-state index is 0.347. The summed E-state index contributed by atoms with van der Waals surface area (Å²) in [6.07, 6.45) is 2.32. The molecule has 1 fully saturated rings. The van der Waals surface area contributed by atoms with Crippen molar-refractivity contribution < 1.29 is 0 Å². The molecular formula is C16H28N4S. The van der Waals surface area contributed by atoms with E-state index < -0.39 is 0 Å². The van der Waals surface area contributed by atoms with Crippen molar-refractivity contribution in [2.75, 3.05) is 38.6 Å². The summed E-state index contributed by atoms with van der Waals surface area (Å²) < 4.78 is 0. The fourth-order valence-electron chi connectivity index (χ4n) is 3.70. The third kappa shape index (κ3) is 2.96. The molecule has 0 radical (unpaired) electrons. The van der Waals surface area contributed by atoms with E-state index in [0.717, 1.165) is 26.1 Å². The first-order valence-electron chi connectivity index (χ1n) is 8.02. The normalized spacial score (nSPS) is 29.5. The zero-order chi connectivity index (χ0) is 15.2. The third-order valence-electron chi connectivity index (χ3n) is 4.86. The molecule has 0 amide bonds. The van der Waals surface area contributed by atoms with Crippen LogP contribution < -0.4 is 10.2 Å².